The summed E-state index contributed by atoms with van der Waals surface area (Å²) in [6.07, 6.45) is 5.37. The SMILES string of the molecule is C=CC[C@H]1C[C@@]2([C@@H](C)Cc3cc(OC)c4c(c3)OCO4)OCOC2=CC1=O. The van der Waals surface area contributed by atoms with E-state index >= 15 is 0 Å². The van der Waals surface area contributed by atoms with Crippen LogP contribution in [0.25, 0.3) is 0 Å². The first-order valence-electron chi connectivity index (χ1n) is 9.17. The number of benzene rings is 1. The number of ether oxygens (including phenoxy) is 5. The van der Waals surface area contributed by atoms with E-state index in [-0.39, 0.29) is 31.2 Å². The molecule has 2 heterocycles. The third-order valence-corrected chi connectivity index (χ3v) is 5.68. The summed E-state index contributed by atoms with van der Waals surface area (Å²) in [7, 11) is 1.62. The third kappa shape index (κ3) is 2.98. The lowest BCUT2D eigenvalue weighted by Crippen LogP contribution is -2.44. The van der Waals surface area contributed by atoms with Crippen molar-refractivity contribution >= 4 is 5.78 Å². The molecule has 0 N–H and O–H groups in total. The van der Waals surface area contributed by atoms with E-state index in [9.17, 15) is 4.79 Å². The van der Waals surface area contributed by atoms with Crippen molar-refractivity contribution in [2.45, 2.75) is 31.8 Å². The monoisotopic (exact) mass is 372 g/mol. The number of carbonyl (C=O) groups is 1. The number of ketones is 1. The molecule has 3 aliphatic rings. The van der Waals surface area contributed by atoms with E-state index in [2.05, 4.69) is 13.5 Å². The minimum Gasteiger partial charge on any atom is -0.493 e. The highest BCUT2D eigenvalue weighted by Crippen LogP contribution is 2.47. The van der Waals surface area contributed by atoms with Crippen LogP contribution in [0.2, 0.25) is 0 Å². The molecule has 1 aliphatic carbocycles. The summed E-state index contributed by atoms with van der Waals surface area (Å²) in [5, 5.41) is 0. The Bertz CT molecular complexity index is 798. The van der Waals surface area contributed by atoms with Gasteiger partial charge in [0, 0.05) is 12.0 Å². The molecule has 27 heavy (non-hydrogen) atoms. The van der Waals surface area contributed by atoms with E-state index in [1.54, 1.807) is 19.3 Å². The van der Waals surface area contributed by atoms with Crippen LogP contribution in [0.3, 0.4) is 0 Å². The van der Waals surface area contributed by atoms with Crippen molar-refractivity contribution in [2.24, 2.45) is 11.8 Å². The molecule has 1 saturated heterocycles. The molecule has 1 fully saturated rings. The van der Waals surface area contributed by atoms with Gasteiger partial charge in [0.05, 0.1) is 7.11 Å². The smallest absolute Gasteiger partial charge is 0.231 e. The molecule has 144 valence electrons. The van der Waals surface area contributed by atoms with Crippen LogP contribution in [0.5, 0.6) is 17.2 Å². The normalized spacial score (nSPS) is 26.8. The Hall–Kier alpha value is -2.47. The summed E-state index contributed by atoms with van der Waals surface area (Å²) in [4.78, 5) is 12.4. The first kappa shape index (κ1) is 17.9. The molecular weight excluding hydrogens is 348 g/mol. The lowest BCUT2D eigenvalue weighted by Gasteiger charge is -2.38. The summed E-state index contributed by atoms with van der Waals surface area (Å²) in [5.74, 6) is 2.70. The van der Waals surface area contributed by atoms with Crippen molar-refractivity contribution < 1.29 is 28.5 Å². The Kier molecular flexibility index (Phi) is 4.60. The average Bonchev–Trinajstić information content (AvgIpc) is 3.28. The van der Waals surface area contributed by atoms with Crippen LogP contribution in [0, 0.1) is 11.8 Å². The van der Waals surface area contributed by atoms with Crippen molar-refractivity contribution in [1.29, 1.82) is 0 Å². The highest BCUT2D eigenvalue weighted by Gasteiger charge is 2.51. The lowest BCUT2D eigenvalue weighted by atomic mass is 9.71. The number of hydrogen-bond acceptors (Lipinski definition) is 6. The van der Waals surface area contributed by atoms with Gasteiger partial charge in [-0.1, -0.05) is 13.0 Å². The molecule has 1 aromatic rings. The second-order valence-electron chi connectivity index (χ2n) is 7.27. The van der Waals surface area contributed by atoms with E-state index in [1.165, 1.54) is 0 Å². The zero-order chi connectivity index (χ0) is 19.0. The topological polar surface area (TPSA) is 63.2 Å². The van der Waals surface area contributed by atoms with E-state index in [0.29, 0.717) is 35.8 Å². The van der Waals surface area contributed by atoms with E-state index < -0.39 is 5.60 Å². The Morgan fingerprint density at radius 2 is 2.19 bits per heavy atom. The molecule has 0 aromatic heterocycles. The number of rotatable bonds is 6. The van der Waals surface area contributed by atoms with Gasteiger partial charge in [0.15, 0.2) is 24.1 Å². The van der Waals surface area contributed by atoms with Gasteiger partial charge >= 0.3 is 0 Å². The predicted molar refractivity (Wildman–Crippen MR) is 97.8 cm³/mol. The molecule has 0 spiro atoms. The highest BCUT2D eigenvalue weighted by atomic mass is 16.7. The Balaban J connectivity index is 1.62. The maximum atomic E-state index is 12.4. The van der Waals surface area contributed by atoms with Crippen LogP contribution in [0.4, 0.5) is 0 Å². The maximum Gasteiger partial charge on any atom is 0.231 e. The molecule has 2 aliphatic heterocycles. The Labute approximate surface area is 158 Å². The zero-order valence-electron chi connectivity index (χ0n) is 15.7. The van der Waals surface area contributed by atoms with Gasteiger partial charge in [-0.25, -0.2) is 0 Å². The largest absolute Gasteiger partial charge is 0.493 e. The second-order valence-corrected chi connectivity index (χ2v) is 7.27. The molecule has 0 unspecified atom stereocenters. The van der Waals surface area contributed by atoms with Crippen molar-refractivity contribution in [1.82, 2.24) is 0 Å². The zero-order valence-corrected chi connectivity index (χ0v) is 15.7. The summed E-state index contributed by atoms with van der Waals surface area (Å²) < 4.78 is 28.2. The summed E-state index contributed by atoms with van der Waals surface area (Å²) in [6, 6.07) is 3.95. The van der Waals surface area contributed by atoms with Gasteiger partial charge in [-0.3, -0.25) is 4.79 Å². The second kappa shape index (κ2) is 6.93. The fourth-order valence-electron chi connectivity index (χ4n) is 4.24. The quantitative estimate of drug-likeness (QED) is 0.713. The van der Waals surface area contributed by atoms with E-state index in [4.69, 9.17) is 23.7 Å². The number of methoxy groups -OCH3 is 1. The molecule has 6 heteroatoms. The van der Waals surface area contributed by atoms with Gasteiger partial charge in [-0.15, -0.1) is 6.58 Å². The Morgan fingerprint density at radius 1 is 1.33 bits per heavy atom. The minimum atomic E-state index is -0.592. The van der Waals surface area contributed by atoms with E-state index in [1.807, 2.05) is 12.1 Å². The first-order valence-corrected chi connectivity index (χ1v) is 9.17. The molecular formula is C21H24O6. The predicted octanol–water partition coefficient (Wildman–Crippen LogP) is 3.39. The van der Waals surface area contributed by atoms with Crippen LogP contribution in [0.1, 0.15) is 25.3 Å². The summed E-state index contributed by atoms with van der Waals surface area (Å²) >= 11 is 0. The standard InChI is InChI=1S/C21H24O6/c1-4-5-15-10-21(19(9-16(15)22)25-12-27-21)13(2)6-14-7-17(23-3)20-18(8-14)24-11-26-20/h4,7-9,13,15H,1,5-6,10-12H2,2-3H3/t13-,15-,21-/m0/s1. The summed E-state index contributed by atoms with van der Waals surface area (Å²) in [5.41, 5.74) is 0.468. The number of hydrogen-bond donors (Lipinski definition) is 0. The minimum absolute atomic E-state index is 0.0861. The van der Waals surface area contributed by atoms with Crippen molar-refractivity contribution in [3.8, 4) is 17.2 Å². The van der Waals surface area contributed by atoms with Crippen molar-refractivity contribution in [3.05, 3.63) is 42.2 Å². The molecule has 4 rings (SSSR count). The molecule has 3 atom stereocenters. The molecule has 0 bridgehead atoms. The molecule has 0 saturated carbocycles. The van der Waals surface area contributed by atoms with Crippen LogP contribution in [-0.2, 0) is 20.7 Å². The molecule has 0 amide bonds. The van der Waals surface area contributed by atoms with Crippen LogP contribution >= 0.6 is 0 Å². The highest BCUT2D eigenvalue weighted by molar-refractivity contribution is 5.93. The van der Waals surface area contributed by atoms with Crippen LogP contribution in [0.15, 0.2) is 36.6 Å². The fraction of sp³-hybridized carbons (Fsp3) is 0.476. The maximum absolute atomic E-state index is 12.4. The van der Waals surface area contributed by atoms with Gasteiger partial charge < -0.3 is 23.7 Å². The molecule has 0 radical (unpaired) electrons. The third-order valence-electron chi connectivity index (χ3n) is 5.68. The molecule has 6 nitrogen and oxygen atoms in total. The number of fused-ring (bicyclic) bond motifs is 2. The first-order chi connectivity index (χ1) is 13.1. The van der Waals surface area contributed by atoms with Gasteiger partial charge in [-0.2, -0.15) is 0 Å². The lowest BCUT2D eigenvalue weighted by molar-refractivity contribution is -0.123. The fourth-order valence-corrected chi connectivity index (χ4v) is 4.24. The Morgan fingerprint density at radius 3 is 2.96 bits per heavy atom. The number of carbonyl (C=O) groups excluding carboxylic acids is 1. The summed E-state index contributed by atoms with van der Waals surface area (Å²) in [6.45, 7) is 6.28. The van der Waals surface area contributed by atoms with Crippen molar-refractivity contribution in [2.75, 3.05) is 20.7 Å². The average molecular weight is 372 g/mol. The van der Waals surface area contributed by atoms with Gasteiger partial charge in [0.1, 0.15) is 11.4 Å². The van der Waals surface area contributed by atoms with E-state index in [0.717, 1.165) is 12.0 Å². The van der Waals surface area contributed by atoms with Gasteiger partial charge in [0.2, 0.25) is 12.5 Å². The van der Waals surface area contributed by atoms with Gasteiger partial charge in [0.25, 0.3) is 0 Å². The van der Waals surface area contributed by atoms with Crippen LogP contribution < -0.4 is 14.2 Å². The van der Waals surface area contributed by atoms with Crippen molar-refractivity contribution in [3.63, 3.8) is 0 Å². The van der Waals surface area contributed by atoms with Gasteiger partial charge in [-0.05, 0) is 42.9 Å². The molecule has 1 aromatic carbocycles. The number of allylic oxidation sites excluding steroid dienone is 2. The van der Waals surface area contributed by atoms with Crippen LogP contribution in [-0.4, -0.2) is 32.1 Å².